The zero-order valence-electron chi connectivity index (χ0n) is 16.2. The first-order valence-corrected chi connectivity index (χ1v) is 10.3. The van der Waals surface area contributed by atoms with Gasteiger partial charge in [-0.2, -0.15) is 0 Å². The predicted molar refractivity (Wildman–Crippen MR) is 115 cm³/mol. The minimum atomic E-state index is -0.391. The number of aromatic nitrogens is 3. The monoisotopic (exact) mass is 489 g/mol. The number of carbonyl (C=O) groups excluding carboxylic acids is 1. The lowest BCUT2D eigenvalue weighted by molar-refractivity contribution is 0.0527. The zero-order chi connectivity index (χ0) is 21.3. The molecule has 2 heterocycles. The lowest BCUT2D eigenvalue weighted by Gasteiger charge is -2.10. The number of carbonyl (C=O) groups is 1. The smallest absolute Gasteiger partial charge is 0.340 e. The zero-order valence-corrected chi connectivity index (χ0v) is 18.5. The molecule has 0 radical (unpaired) electrons. The van der Waals surface area contributed by atoms with Crippen LogP contribution in [0.4, 0.5) is 0 Å². The number of ether oxygens (including phenoxy) is 2. The molecule has 0 amide bonds. The summed E-state index contributed by atoms with van der Waals surface area (Å²) in [6.07, 6.45) is 1.24. The summed E-state index contributed by atoms with van der Waals surface area (Å²) in [4.78, 5) is 12.8. The Hall–Kier alpha value is -2.84. The molecule has 0 N–H and O–H groups in total. The quantitative estimate of drug-likeness (QED) is 0.332. The standard InChI is InChI=1S/C21H17BrClN3O4/c1-3-28-21(27)20-12(2)26(14-6-4-13(23)5-7-14)17-9-16(22)18(8-15(17)20)29-10-19-25-24-11-30-19/h4-9,11H,3,10H2,1-2H3. The summed E-state index contributed by atoms with van der Waals surface area (Å²) in [5.74, 6) is 0.500. The van der Waals surface area contributed by atoms with Crippen LogP contribution in [-0.2, 0) is 11.3 Å². The molecule has 30 heavy (non-hydrogen) atoms. The largest absolute Gasteiger partial charge is 0.483 e. The van der Waals surface area contributed by atoms with Crippen LogP contribution in [0.1, 0.15) is 28.9 Å². The molecule has 7 nitrogen and oxygen atoms in total. The fraction of sp³-hybridized carbons (Fsp3) is 0.190. The Morgan fingerprint density at radius 1 is 1.27 bits per heavy atom. The van der Waals surface area contributed by atoms with E-state index in [9.17, 15) is 4.79 Å². The summed E-state index contributed by atoms with van der Waals surface area (Å²) in [5.41, 5.74) is 2.95. The van der Waals surface area contributed by atoms with Crippen molar-refractivity contribution < 1.29 is 18.7 Å². The van der Waals surface area contributed by atoms with E-state index in [1.807, 2.05) is 47.9 Å². The SMILES string of the molecule is CCOC(=O)c1c(C)n(-c2ccc(Cl)cc2)c2cc(Br)c(OCc3nnco3)cc12. The number of rotatable bonds is 6. The molecule has 0 atom stereocenters. The van der Waals surface area contributed by atoms with Gasteiger partial charge in [0.2, 0.25) is 6.39 Å². The minimum absolute atomic E-state index is 0.107. The first kappa shape index (κ1) is 20.4. The molecule has 0 saturated carbocycles. The molecule has 0 bridgehead atoms. The van der Waals surface area contributed by atoms with Crippen LogP contribution in [0.3, 0.4) is 0 Å². The fourth-order valence-corrected chi connectivity index (χ4v) is 3.88. The first-order chi connectivity index (χ1) is 14.5. The first-order valence-electron chi connectivity index (χ1n) is 9.15. The number of halogens is 2. The molecule has 154 valence electrons. The summed E-state index contributed by atoms with van der Waals surface area (Å²) < 4.78 is 19.0. The van der Waals surface area contributed by atoms with Crippen molar-refractivity contribution in [2.75, 3.05) is 6.61 Å². The Labute approximate surface area is 185 Å². The third-order valence-corrected chi connectivity index (χ3v) is 5.45. The van der Waals surface area contributed by atoms with Gasteiger partial charge in [-0.25, -0.2) is 4.79 Å². The molecule has 0 saturated heterocycles. The number of esters is 1. The van der Waals surface area contributed by atoms with Gasteiger partial charge in [-0.3, -0.25) is 0 Å². The highest BCUT2D eigenvalue weighted by atomic mass is 79.9. The Morgan fingerprint density at radius 3 is 2.70 bits per heavy atom. The second-order valence-electron chi connectivity index (χ2n) is 6.41. The van der Waals surface area contributed by atoms with Crippen molar-refractivity contribution in [2.24, 2.45) is 0 Å². The van der Waals surface area contributed by atoms with E-state index in [0.29, 0.717) is 27.6 Å². The number of nitrogens with zero attached hydrogens (tertiary/aromatic N) is 3. The highest BCUT2D eigenvalue weighted by Crippen LogP contribution is 2.37. The normalized spacial score (nSPS) is 11.1. The van der Waals surface area contributed by atoms with Crippen LogP contribution < -0.4 is 4.74 Å². The van der Waals surface area contributed by atoms with E-state index in [1.54, 1.807) is 6.92 Å². The lowest BCUT2D eigenvalue weighted by Crippen LogP contribution is -2.07. The fourth-order valence-electron chi connectivity index (χ4n) is 3.31. The molecule has 9 heteroatoms. The predicted octanol–water partition coefficient (Wildman–Crippen LogP) is 5.49. The van der Waals surface area contributed by atoms with Gasteiger partial charge in [0.05, 0.1) is 22.2 Å². The van der Waals surface area contributed by atoms with E-state index in [-0.39, 0.29) is 13.2 Å². The van der Waals surface area contributed by atoms with Crippen molar-refractivity contribution >= 4 is 44.4 Å². The number of hydrogen-bond acceptors (Lipinski definition) is 6. The van der Waals surface area contributed by atoms with Crippen LogP contribution in [0, 0.1) is 6.92 Å². The van der Waals surface area contributed by atoms with Gasteiger partial charge in [0.1, 0.15) is 5.75 Å². The number of hydrogen-bond donors (Lipinski definition) is 0. The van der Waals surface area contributed by atoms with Gasteiger partial charge in [-0.15, -0.1) is 10.2 Å². The molecule has 0 fully saturated rings. The highest BCUT2D eigenvalue weighted by Gasteiger charge is 2.23. The van der Waals surface area contributed by atoms with Gasteiger partial charge in [-0.1, -0.05) is 11.6 Å². The van der Waals surface area contributed by atoms with E-state index in [1.165, 1.54) is 6.39 Å². The van der Waals surface area contributed by atoms with Crippen LogP contribution in [0.25, 0.3) is 16.6 Å². The Balaban J connectivity index is 1.87. The van der Waals surface area contributed by atoms with Crippen molar-refractivity contribution in [3.8, 4) is 11.4 Å². The van der Waals surface area contributed by atoms with Gasteiger partial charge >= 0.3 is 5.97 Å². The van der Waals surface area contributed by atoms with E-state index >= 15 is 0 Å². The highest BCUT2D eigenvalue weighted by molar-refractivity contribution is 9.10. The lowest BCUT2D eigenvalue weighted by atomic mass is 10.1. The van der Waals surface area contributed by atoms with E-state index in [4.69, 9.17) is 25.5 Å². The topological polar surface area (TPSA) is 79.4 Å². The van der Waals surface area contributed by atoms with Crippen molar-refractivity contribution in [1.82, 2.24) is 14.8 Å². The average molecular weight is 491 g/mol. The third kappa shape index (κ3) is 3.80. The second kappa shape index (κ2) is 8.49. The van der Waals surface area contributed by atoms with Gasteiger partial charge in [0, 0.05) is 21.8 Å². The number of fused-ring (bicyclic) bond motifs is 1. The Kier molecular flexibility index (Phi) is 5.78. The minimum Gasteiger partial charge on any atom is -0.483 e. The van der Waals surface area contributed by atoms with Crippen LogP contribution in [0.15, 0.2) is 51.7 Å². The maximum Gasteiger partial charge on any atom is 0.340 e. The van der Waals surface area contributed by atoms with Gasteiger partial charge in [0.15, 0.2) is 6.61 Å². The molecular formula is C21H17BrClN3O4. The molecule has 2 aromatic carbocycles. The van der Waals surface area contributed by atoms with E-state index in [0.717, 1.165) is 21.4 Å². The van der Waals surface area contributed by atoms with E-state index in [2.05, 4.69) is 26.1 Å². The molecule has 4 rings (SSSR count). The van der Waals surface area contributed by atoms with Crippen LogP contribution >= 0.6 is 27.5 Å². The molecule has 0 unspecified atom stereocenters. The van der Waals surface area contributed by atoms with Crippen molar-refractivity contribution in [3.63, 3.8) is 0 Å². The molecule has 0 spiro atoms. The maximum atomic E-state index is 12.8. The molecule has 0 aliphatic carbocycles. The van der Waals surface area contributed by atoms with Gasteiger partial charge in [-0.05, 0) is 66.2 Å². The summed E-state index contributed by atoms with van der Waals surface area (Å²) in [6.45, 7) is 4.05. The summed E-state index contributed by atoms with van der Waals surface area (Å²) >= 11 is 9.61. The third-order valence-electron chi connectivity index (χ3n) is 4.58. The van der Waals surface area contributed by atoms with Crippen molar-refractivity contribution in [2.45, 2.75) is 20.5 Å². The number of benzene rings is 2. The van der Waals surface area contributed by atoms with Crippen molar-refractivity contribution in [1.29, 1.82) is 0 Å². The molecule has 2 aromatic heterocycles. The van der Waals surface area contributed by atoms with Crippen LogP contribution in [0.2, 0.25) is 5.02 Å². The van der Waals surface area contributed by atoms with E-state index < -0.39 is 5.97 Å². The van der Waals surface area contributed by atoms with Crippen LogP contribution in [0.5, 0.6) is 5.75 Å². The molecule has 4 aromatic rings. The molecule has 0 aliphatic rings. The second-order valence-corrected chi connectivity index (χ2v) is 7.70. The average Bonchev–Trinajstić information content (AvgIpc) is 3.33. The molecular weight excluding hydrogens is 474 g/mol. The summed E-state index contributed by atoms with van der Waals surface area (Å²) in [6, 6.07) is 11.1. The van der Waals surface area contributed by atoms with Gasteiger partial charge in [0.25, 0.3) is 5.89 Å². The van der Waals surface area contributed by atoms with Crippen LogP contribution in [-0.4, -0.2) is 27.3 Å². The van der Waals surface area contributed by atoms with Gasteiger partial charge < -0.3 is 18.5 Å². The summed E-state index contributed by atoms with van der Waals surface area (Å²) in [5, 5.41) is 8.80. The molecule has 0 aliphatic heterocycles. The Morgan fingerprint density at radius 2 is 2.03 bits per heavy atom. The Bertz CT molecular complexity index is 1200. The summed E-state index contributed by atoms with van der Waals surface area (Å²) in [7, 11) is 0. The maximum absolute atomic E-state index is 12.8. The van der Waals surface area contributed by atoms with Crippen molar-refractivity contribution in [3.05, 3.63) is 69.4 Å².